The average Bonchev–Trinajstić information content (AvgIpc) is 3.10. The zero-order valence-electron chi connectivity index (χ0n) is 18.5. The molecule has 0 saturated heterocycles. The van der Waals surface area contributed by atoms with Crippen molar-refractivity contribution in [2.45, 2.75) is 47.1 Å². The number of ether oxygens (including phenoxy) is 1. The number of aliphatic hydroxyl groups is 1. The van der Waals surface area contributed by atoms with Crippen LogP contribution in [0.25, 0.3) is 11.2 Å². The van der Waals surface area contributed by atoms with Crippen LogP contribution in [0.3, 0.4) is 0 Å². The van der Waals surface area contributed by atoms with Crippen LogP contribution >= 0.6 is 0 Å². The lowest BCUT2D eigenvalue weighted by Gasteiger charge is -2.08. The summed E-state index contributed by atoms with van der Waals surface area (Å²) in [5.41, 5.74) is 7.43. The van der Waals surface area contributed by atoms with Crippen LogP contribution in [-0.2, 0) is 6.54 Å². The first-order chi connectivity index (χ1) is 14.6. The van der Waals surface area contributed by atoms with E-state index in [1.54, 1.807) is 7.11 Å². The van der Waals surface area contributed by atoms with Crippen molar-refractivity contribution in [1.82, 2.24) is 19.5 Å². The van der Waals surface area contributed by atoms with Gasteiger partial charge in [0.05, 0.1) is 13.7 Å². The Morgan fingerprint density at radius 3 is 2.60 bits per heavy atom. The lowest BCUT2D eigenvalue weighted by atomic mass is 10.2. The summed E-state index contributed by atoms with van der Waals surface area (Å²) in [6, 6.07) is 7.48. The Morgan fingerprint density at radius 2 is 1.93 bits per heavy atom. The first-order valence-corrected chi connectivity index (χ1v) is 10.4. The smallest absolute Gasteiger partial charge is 0.328 e. The average molecular weight is 419 g/mol. The van der Waals surface area contributed by atoms with E-state index < -0.39 is 0 Å². The number of unbranched alkanes of at least 4 members (excludes halogenated alkanes) is 1. The molecule has 166 valence electrons. The molecule has 0 bridgehead atoms. The number of benzene rings is 1. The van der Waals surface area contributed by atoms with E-state index in [0.29, 0.717) is 36.6 Å². The van der Waals surface area contributed by atoms with Crippen LogP contribution < -0.4 is 21.5 Å². The van der Waals surface area contributed by atoms with Gasteiger partial charge in [0.15, 0.2) is 11.5 Å². The molecule has 5 N–H and O–H groups in total. The van der Waals surface area contributed by atoms with E-state index >= 15 is 0 Å². The summed E-state index contributed by atoms with van der Waals surface area (Å²) >= 11 is 0. The standard InChI is InChI=1S/C17H22N6O3.2C2H6/c1-26-12-6-4-5-11(9-12)10-23-15-13(20-17(23)25)14(18)21-16(22-15)19-7-2-3-8-24;2*1-2/h4-6,9,24H,2-3,7-8,10H2,1H3,(H,20,25)(H3,18,19,21,22);2*1-2H3. The molecule has 0 fully saturated rings. The van der Waals surface area contributed by atoms with E-state index in [0.717, 1.165) is 17.7 Å². The molecule has 9 nitrogen and oxygen atoms in total. The maximum atomic E-state index is 12.4. The molecule has 0 spiro atoms. The molecule has 0 radical (unpaired) electrons. The number of imidazole rings is 1. The predicted molar refractivity (Wildman–Crippen MR) is 122 cm³/mol. The molecule has 0 aliphatic rings. The van der Waals surface area contributed by atoms with Gasteiger partial charge in [0.25, 0.3) is 0 Å². The fourth-order valence-corrected chi connectivity index (χ4v) is 2.67. The largest absolute Gasteiger partial charge is 0.497 e. The number of nitrogens with zero attached hydrogens (tertiary/aromatic N) is 3. The quantitative estimate of drug-likeness (QED) is 0.414. The number of rotatable bonds is 8. The van der Waals surface area contributed by atoms with E-state index in [1.165, 1.54) is 4.57 Å². The van der Waals surface area contributed by atoms with Crippen molar-refractivity contribution in [3.8, 4) is 5.75 Å². The zero-order valence-corrected chi connectivity index (χ0v) is 18.5. The van der Waals surface area contributed by atoms with Gasteiger partial charge in [-0.25, -0.2) is 4.79 Å². The highest BCUT2D eigenvalue weighted by molar-refractivity contribution is 5.82. The van der Waals surface area contributed by atoms with Crippen LogP contribution in [0.5, 0.6) is 5.75 Å². The van der Waals surface area contributed by atoms with Gasteiger partial charge in [-0.05, 0) is 30.5 Å². The number of aromatic amines is 1. The van der Waals surface area contributed by atoms with Crippen LogP contribution in [0, 0.1) is 0 Å². The van der Waals surface area contributed by atoms with Crippen LogP contribution in [0.1, 0.15) is 46.1 Å². The maximum Gasteiger partial charge on any atom is 0.328 e. The van der Waals surface area contributed by atoms with E-state index in [-0.39, 0.29) is 18.1 Å². The van der Waals surface area contributed by atoms with Crippen molar-refractivity contribution in [3.05, 3.63) is 40.3 Å². The molecule has 0 unspecified atom stereocenters. The molecule has 2 heterocycles. The Hall–Kier alpha value is -3.07. The molecular formula is C21H34N6O3. The van der Waals surface area contributed by atoms with Crippen molar-refractivity contribution in [2.24, 2.45) is 0 Å². The summed E-state index contributed by atoms with van der Waals surface area (Å²) in [7, 11) is 1.60. The fraction of sp³-hybridized carbons (Fsp3) is 0.476. The Bertz CT molecular complexity index is 952. The molecule has 0 aliphatic carbocycles. The highest BCUT2D eigenvalue weighted by Gasteiger charge is 2.14. The molecule has 3 aromatic rings. The molecule has 0 aliphatic heterocycles. The summed E-state index contributed by atoms with van der Waals surface area (Å²) < 4.78 is 6.74. The lowest BCUT2D eigenvalue weighted by molar-refractivity contribution is 0.286. The minimum Gasteiger partial charge on any atom is -0.497 e. The Morgan fingerprint density at radius 1 is 1.20 bits per heavy atom. The van der Waals surface area contributed by atoms with Gasteiger partial charge in [0, 0.05) is 13.2 Å². The Balaban J connectivity index is 0.00000106. The molecule has 2 aromatic heterocycles. The third-order valence-electron chi connectivity index (χ3n) is 3.99. The second kappa shape index (κ2) is 13.2. The third kappa shape index (κ3) is 6.48. The van der Waals surface area contributed by atoms with E-state index in [1.807, 2.05) is 52.0 Å². The van der Waals surface area contributed by atoms with Crippen molar-refractivity contribution >= 4 is 22.9 Å². The summed E-state index contributed by atoms with van der Waals surface area (Å²) in [4.78, 5) is 23.7. The third-order valence-corrected chi connectivity index (χ3v) is 3.99. The Labute approximate surface area is 177 Å². The Kier molecular flexibility index (Phi) is 11.0. The maximum absolute atomic E-state index is 12.4. The van der Waals surface area contributed by atoms with Crippen molar-refractivity contribution in [3.63, 3.8) is 0 Å². The predicted octanol–water partition coefficient (Wildman–Crippen LogP) is 3.00. The molecule has 3 rings (SSSR count). The molecule has 30 heavy (non-hydrogen) atoms. The summed E-state index contributed by atoms with van der Waals surface area (Å²) in [6.07, 6.45) is 1.47. The topological polar surface area (TPSA) is 131 Å². The second-order valence-corrected chi connectivity index (χ2v) is 5.86. The first kappa shape index (κ1) is 25.0. The lowest BCUT2D eigenvalue weighted by Crippen LogP contribution is -2.18. The number of aromatic nitrogens is 4. The number of nitrogen functional groups attached to an aromatic ring is 1. The monoisotopic (exact) mass is 418 g/mol. The fourth-order valence-electron chi connectivity index (χ4n) is 2.67. The number of H-pyrrole nitrogens is 1. The van der Waals surface area contributed by atoms with Gasteiger partial charge < -0.3 is 25.9 Å². The minimum absolute atomic E-state index is 0.140. The van der Waals surface area contributed by atoms with Crippen LogP contribution in [-0.4, -0.2) is 44.9 Å². The van der Waals surface area contributed by atoms with Gasteiger partial charge in [0.1, 0.15) is 11.3 Å². The van der Waals surface area contributed by atoms with Crippen LogP contribution in [0.4, 0.5) is 11.8 Å². The first-order valence-electron chi connectivity index (χ1n) is 10.4. The molecule has 1 aromatic carbocycles. The molecular weight excluding hydrogens is 384 g/mol. The summed E-state index contributed by atoms with van der Waals surface area (Å²) in [5, 5.41) is 11.9. The van der Waals surface area contributed by atoms with E-state index in [2.05, 4.69) is 20.3 Å². The van der Waals surface area contributed by atoms with E-state index in [9.17, 15) is 4.79 Å². The van der Waals surface area contributed by atoms with Gasteiger partial charge >= 0.3 is 5.69 Å². The number of nitrogens with one attached hydrogen (secondary N) is 2. The molecule has 0 amide bonds. The number of anilines is 2. The highest BCUT2D eigenvalue weighted by atomic mass is 16.5. The van der Waals surface area contributed by atoms with Crippen molar-refractivity contribution < 1.29 is 9.84 Å². The van der Waals surface area contributed by atoms with Gasteiger partial charge in [0.2, 0.25) is 5.95 Å². The number of aliphatic hydroxyl groups excluding tert-OH is 1. The van der Waals surface area contributed by atoms with Crippen LogP contribution in [0.15, 0.2) is 29.1 Å². The van der Waals surface area contributed by atoms with E-state index in [4.69, 9.17) is 15.6 Å². The van der Waals surface area contributed by atoms with Gasteiger partial charge in [-0.15, -0.1) is 0 Å². The number of methoxy groups -OCH3 is 1. The zero-order chi connectivity index (χ0) is 22.5. The minimum atomic E-state index is -0.304. The van der Waals surface area contributed by atoms with Gasteiger partial charge in [-0.2, -0.15) is 9.97 Å². The van der Waals surface area contributed by atoms with Crippen LogP contribution in [0.2, 0.25) is 0 Å². The number of hydrogen-bond acceptors (Lipinski definition) is 7. The van der Waals surface area contributed by atoms with Crippen molar-refractivity contribution in [1.29, 1.82) is 0 Å². The molecule has 0 saturated carbocycles. The van der Waals surface area contributed by atoms with Gasteiger partial charge in [-0.3, -0.25) is 4.57 Å². The normalized spacial score (nSPS) is 9.93. The summed E-state index contributed by atoms with van der Waals surface area (Å²) in [6.45, 7) is 9.08. The number of fused-ring (bicyclic) bond motifs is 1. The number of nitrogens with two attached hydrogens (primary N) is 1. The van der Waals surface area contributed by atoms with Gasteiger partial charge in [-0.1, -0.05) is 39.8 Å². The SMILES string of the molecule is CC.CC.COc1cccc(Cn2c(=O)[nH]c3c(N)nc(NCCCCO)nc32)c1. The molecule has 0 atom stereocenters. The highest BCUT2D eigenvalue weighted by Crippen LogP contribution is 2.19. The second-order valence-electron chi connectivity index (χ2n) is 5.86. The number of hydrogen-bond donors (Lipinski definition) is 4. The molecule has 9 heteroatoms. The summed E-state index contributed by atoms with van der Waals surface area (Å²) in [5.74, 6) is 1.28. The van der Waals surface area contributed by atoms with Crippen molar-refractivity contribution in [2.75, 3.05) is 31.3 Å².